The van der Waals surface area contributed by atoms with Crippen LogP contribution < -0.4 is 10.1 Å². The number of carboxylic acid groups (broad SMARTS) is 1. The molecular formula is C30H34N2O5. The van der Waals surface area contributed by atoms with Crippen LogP contribution in [-0.2, 0) is 4.74 Å². The molecule has 3 aromatic carbocycles. The molecule has 2 N–H and O–H groups in total. The SMILES string of the molecule is CCCCOC(=O)N(C/C(=C\c1ccc(C(=O)O)cc1)COc1cccc2ccccc12)C1CCNC1. The van der Waals surface area contributed by atoms with Crippen LogP contribution in [-0.4, -0.2) is 61.0 Å². The van der Waals surface area contributed by atoms with E-state index in [1.54, 1.807) is 29.2 Å². The monoisotopic (exact) mass is 502 g/mol. The van der Waals surface area contributed by atoms with E-state index in [4.69, 9.17) is 9.47 Å². The van der Waals surface area contributed by atoms with E-state index in [2.05, 4.69) is 12.2 Å². The fourth-order valence-electron chi connectivity index (χ4n) is 4.44. The highest BCUT2D eigenvalue weighted by Gasteiger charge is 2.28. The van der Waals surface area contributed by atoms with Crippen molar-refractivity contribution in [2.75, 3.05) is 32.8 Å². The largest absolute Gasteiger partial charge is 0.489 e. The minimum absolute atomic E-state index is 0.0319. The van der Waals surface area contributed by atoms with Crippen LogP contribution in [0.2, 0.25) is 0 Å². The number of rotatable bonds is 11. The topological polar surface area (TPSA) is 88.1 Å². The van der Waals surface area contributed by atoms with Gasteiger partial charge in [0.15, 0.2) is 0 Å². The third-order valence-corrected chi connectivity index (χ3v) is 6.50. The molecule has 7 nitrogen and oxygen atoms in total. The summed E-state index contributed by atoms with van der Waals surface area (Å²) >= 11 is 0. The lowest BCUT2D eigenvalue weighted by atomic mass is 10.1. The zero-order valence-electron chi connectivity index (χ0n) is 21.2. The van der Waals surface area contributed by atoms with Crippen LogP contribution in [0.15, 0.2) is 72.3 Å². The van der Waals surface area contributed by atoms with Gasteiger partial charge in [-0.1, -0.05) is 68.0 Å². The molecule has 1 fully saturated rings. The number of ether oxygens (including phenoxy) is 2. The molecule has 0 saturated carbocycles. The minimum atomic E-state index is -0.968. The quantitative estimate of drug-likeness (QED) is 0.332. The second-order valence-electron chi connectivity index (χ2n) is 9.24. The van der Waals surface area contributed by atoms with Gasteiger partial charge in [-0.25, -0.2) is 9.59 Å². The van der Waals surface area contributed by atoms with Crippen molar-refractivity contribution in [3.05, 3.63) is 83.4 Å². The zero-order chi connectivity index (χ0) is 26.0. The van der Waals surface area contributed by atoms with E-state index in [0.29, 0.717) is 19.7 Å². The molecule has 1 aliphatic heterocycles. The molecule has 1 saturated heterocycles. The Morgan fingerprint density at radius 3 is 2.59 bits per heavy atom. The molecule has 1 atom stereocenters. The first-order valence-electron chi connectivity index (χ1n) is 12.8. The maximum Gasteiger partial charge on any atom is 0.410 e. The van der Waals surface area contributed by atoms with Gasteiger partial charge in [0.1, 0.15) is 12.4 Å². The number of aromatic carboxylic acids is 1. The van der Waals surface area contributed by atoms with Crippen LogP contribution in [0.3, 0.4) is 0 Å². The average molecular weight is 503 g/mol. The number of carbonyl (C=O) groups excluding carboxylic acids is 1. The van der Waals surface area contributed by atoms with E-state index in [1.807, 2.05) is 48.5 Å². The number of fused-ring (bicyclic) bond motifs is 1. The molecule has 4 rings (SSSR count). The van der Waals surface area contributed by atoms with Crippen LogP contribution in [0.1, 0.15) is 42.1 Å². The Morgan fingerprint density at radius 1 is 1.08 bits per heavy atom. The van der Waals surface area contributed by atoms with Gasteiger partial charge in [0, 0.05) is 24.5 Å². The van der Waals surface area contributed by atoms with Crippen molar-refractivity contribution in [2.45, 2.75) is 32.2 Å². The van der Waals surface area contributed by atoms with Gasteiger partial charge < -0.3 is 19.9 Å². The van der Waals surface area contributed by atoms with Crippen molar-refractivity contribution >= 4 is 28.9 Å². The lowest BCUT2D eigenvalue weighted by Gasteiger charge is -2.29. The van der Waals surface area contributed by atoms with Crippen LogP contribution in [0.4, 0.5) is 4.79 Å². The highest BCUT2D eigenvalue weighted by molar-refractivity contribution is 5.88. The maximum atomic E-state index is 13.1. The van der Waals surface area contributed by atoms with Crippen molar-refractivity contribution in [1.29, 1.82) is 0 Å². The lowest BCUT2D eigenvalue weighted by Crippen LogP contribution is -2.43. The molecular weight excluding hydrogens is 468 g/mol. The number of carboxylic acids is 1. The Hall–Kier alpha value is -3.84. The van der Waals surface area contributed by atoms with Crippen molar-refractivity contribution in [3.8, 4) is 5.75 Å². The first kappa shape index (κ1) is 26.2. The fourth-order valence-corrected chi connectivity index (χ4v) is 4.44. The van der Waals surface area contributed by atoms with Crippen molar-refractivity contribution < 1.29 is 24.2 Å². The number of benzene rings is 3. The van der Waals surface area contributed by atoms with Gasteiger partial charge in [0.2, 0.25) is 0 Å². The average Bonchev–Trinajstić information content (AvgIpc) is 3.45. The molecule has 3 aromatic rings. The lowest BCUT2D eigenvalue weighted by molar-refractivity contribution is 0.0696. The second kappa shape index (κ2) is 12.9. The number of carbonyl (C=O) groups is 2. The summed E-state index contributed by atoms with van der Waals surface area (Å²) in [4.78, 5) is 26.2. The van der Waals surface area contributed by atoms with Gasteiger partial charge in [0.05, 0.1) is 12.2 Å². The van der Waals surface area contributed by atoms with Crippen molar-refractivity contribution in [2.24, 2.45) is 0 Å². The maximum absolute atomic E-state index is 13.1. The molecule has 37 heavy (non-hydrogen) atoms. The zero-order valence-corrected chi connectivity index (χ0v) is 21.2. The predicted molar refractivity (Wildman–Crippen MR) is 145 cm³/mol. The number of hydrogen-bond acceptors (Lipinski definition) is 5. The Balaban J connectivity index is 1.60. The van der Waals surface area contributed by atoms with Crippen molar-refractivity contribution in [1.82, 2.24) is 10.2 Å². The predicted octanol–water partition coefficient (Wildman–Crippen LogP) is 5.60. The molecule has 0 spiro atoms. The summed E-state index contributed by atoms with van der Waals surface area (Å²) in [6.07, 6.45) is 4.28. The molecule has 1 heterocycles. The molecule has 1 unspecified atom stereocenters. The highest BCUT2D eigenvalue weighted by atomic mass is 16.6. The minimum Gasteiger partial charge on any atom is -0.489 e. The summed E-state index contributed by atoms with van der Waals surface area (Å²) in [6.45, 7) is 4.65. The third-order valence-electron chi connectivity index (χ3n) is 6.50. The Morgan fingerprint density at radius 2 is 1.86 bits per heavy atom. The number of nitrogens with zero attached hydrogens (tertiary/aromatic N) is 1. The number of unbranched alkanes of at least 4 members (excludes halogenated alkanes) is 1. The molecule has 1 amide bonds. The second-order valence-corrected chi connectivity index (χ2v) is 9.24. The molecule has 0 bridgehead atoms. The molecule has 7 heteroatoms. The molecule has 0 aliphatic carbocycles. The molecule has 0 radical (unpaired) electrons. The molecule has 1 aliphatic rings. The summed E-state index contributed by atoms with van der Waals surface area (Å²) in [5, 5.41) is 14.7. The summed E-state index contributed by atoms with van der Waals surface area (Å²) in [5.74, 6) is -0.199. The van der Waals surface area contributed by atoms with Crippen LogP contribution in [0.5, 0.6) is 5.75 Å². The first-order valence-corrected chi connectivity index (χ1v) is 12.8. The Labute approximate surface area is 217 Å². The summed E-state index contributed by atoms with van der Waals surface area (Å²) in [7, 11) is 0. The van der Waals surface area contributed by atoms with Crippen LogP contribution >= 0.6 is 0 Å². The van der Waals surface area contributed by atoms with Gasteiger partial charge in [-0.05, 0) is 54.1 Å². The fraction of sp³-hybridized carbons (Fsp3) is 0.333. The normalized spacial score (nSPS) is 15.5. The van der Waals surface area contributed by atoms with E-state index in [0.717, 1.165) is 53.5 Å². The number of nitrogens with one attached hydrogen (secondary N) is 1. The van der Waals surface area contributed by atoms with E-state index in [9.17, 15) is 14.7 Å². The number of hydrogen-bond donors (Lipinski definition) is 2. The third kappa shape index (κ3) is 7.11. The van der Waals surface area contributed by atoms with Gasteiger partial charge in [-0.3, -0.25) is 4.90 Å². The van der Waals surface area contributed by atoms with Gasteiger partial charge in [0.25, 0.3) is 0 Å². The number of amides is 1. The van der Waals surface area contributed by atoms with Gasteiger partial charge >= 0.3 is 12.1 Å². The molecule has 0 aromatic heterocycles. The van der Waals surface area contributed by atoms with Crippen molar-refractivity contribution in [3.63, 3.8) is 0 Å². The van der Waals surface area contributed by atoms with E-state index in [1.165, 1.54) is 0 Å². The highest BCUT2D eigenvalue weighted by Crippen LogP contribution is 2.26. The molecule has 194 valence electrons. The smallest absolute Gasteiger partial charge is 0.410 e. The van der Waals surface area contributed by atoms with Gasteiger partial charge in [-0.15, -0.1) is 0 Å². The van der Waals surface area contributed by atoms with Gasteiger partial charge in [-0.2, -0.15) is 0 Å². The Bertz CT molecular complexity index is 1230. The van der Waals surface area contributed by atoms with E-state index < -0.39 is 5.97 Å². The van der Waals surface area contributed by atoms with Crippen LogP contribution in [0, 0.1) is 0 Å². The Kier molecular flexibility index (Phi) is 9.16. The first-order chi connectivity index (χ1) is 18.0. The standard InChI is InChI=1S/C30H34N2O5/c1-2-3-17-36-30(35)32(26-15-16-31-19-26)20-23(18-22-11-13-25(14-12-22)29(33)34)21-37-28-10-6-8-24-7-4-5-9-27(24)28/h4-14,18,26,31H,2-3,15-17,19-21H2,1H3,(H,33,34)/b23-18+. The summed E-state index contributed by atoms with van der Waals surface area (Å²) < 4.78 is 11.9. The van der Waals surface area contributed by atoms with E-state index >= 15 is 0 Å². The van der Waals surface area contributed by atoms with E-state index in [-0.39, 0.29) is 24.3 Å². The summed E-state index contributed by atoms with van der Waals surface area (Å²) in [6, 6.07) is 20.7. The summed E-state index contributed by atoms with van der Waals surface area (Å²) in [5.41, 5.74) is 1.95. The van der Waals surface area contributed by atoms with Crippen LogP contribution in [0.25, 0.3) is 16.8 Å².